The number of hydrogen-bond acceptors (Lipinski definition) is 1. The van der Waals surface area contributed by atoms with Crippen LogP contribution in [0.3, 0.4) is 0 Å². The average Bonchev–Trinajstić information content (AvgIpc) is 2.38. The lowest BCUT2D eigenvalue weighted by molar-refractivity contribution is 0.151. The minimum absolute atomic E-state index is 0.0920. The van der Waals surface area contributed by atoms with Gasteiger partial charge in [0.1, 0.15) is 0 Å². The van der Waals surface area contributed by atoms with Gasteiger partial charge in [0, 0.05) is 18.2 Å². The summed E-state index contributed by atoms with van der Waals surface area (Å²) in [6.45, 7) is 0.752. The molecule has 17 heavy (non-hydrogen) atoms. The van der Waals surface area contributed by atoms with E-state index in [1.807, 2.05) is 0 Å². The Kier molecular flexibility index (Phi) is 4.26. The van der Waals surface area contributed by atoms with Crippen molar-refractivity contribution in [1.29, 1.82) is 0 Å². The highest BCUT2D eigenvalue weighted by molar-refractivity contribution is 5.23. The summed E-state index contributed by atoms with van der Waals surface area (Å²) >= 11 is 0. The van der Waals surface area contributed by atoms with E-state index in [0.717, 1.165) is 31.4 Å². The maximum Gasteiger partial charge on any atom is 0.263 e. The van der Waals surface area contributed by atoms with E-state index in [9.17, 15) is 8.78 Å². The lowest BCUT2D eigenvalue weighted by Gasteiger charge is -2.19. The second-order valence-corrected chi connectivity index (χ2v) is 4.40. The molecule has 92 valence electrons. The standard InChI is InChI=1S/C14H17F2N/c15-14(16)12-8-6-11(7-9-12)10-17-13-4-2-1-3-5-13/h1-2,6-9,13-14,17H,3-5,10H2. The van der Waals surface area contributed by atoms with Crippen LogP contribution in [0, 0.1) is 0 Å². The van der Waals surface area contributed by atoms with Crippen LogP contribution < -0.4 is 5.32 Å². The summed E-state index contributed by atoms with van der Waals surface area (Å²) in [5, 5.41) is 3.45. The third kappa shape index (κ3) is 3.63. The minimum Gasteiger partial charge on any atom is -0.310 e. The minimum atomic E-state index is -2.37. The molecule has 1 aliphatic rings. The third-order valence-corrected chi connectivity index (χ3v) is 3.10. The molecule has 0 bridgehead atoms. The van der Waals surface area contributed by atoms with Gasteiger partial charge in [-0.3, -0.25) is 0 Å². The molecule has 0 heterocycles. The molecule has 0 aliphatic heterocycles. The van der Waals surface area contributed by atoms with Gasteiger partial charge in [0.15, 0.2) is 0 Å². The van der Waals surface area contributed by atoms with E-state index in [4.69, 9.17) is 0 Å². The zero-order valence-corrected chi connectivity index (χ0v) is 9.70. The van der Waals surface area contributed by atoms with Crippen molar-refractivity contribution in [1.82, 2.24) is 5.32 Å². The molecule has 2 rings (SSSR count). The Balaban J connectivity index is 1.84. The number of allylic oxidation sites excluding steroid dienone is 1. The van der Waals surface area contributed by atoms with Crippen LogP contribution in [0.15, 0.2) is 36.4 Å². The van der Waals surface area contributed by atoms with Crippen LogP contribution >= 0.6 is 0 Å². The molecule has 1 atom stereocenters. The first-order valence-corrected chi connectivity index (χ1v) is 6.01. The fraction of sp³-hybridized carbons (Fsp3) is 0.429. The van der Waals surface area contributed by atoms with E-state index in [1.54, 1.807) is 12.1 Å². The third-order valence-electron chi connectivity index (χ3n) is 3.10. The van der Waals surface area contributed by atoms with Crippen LogP contribution in [0.5, 0.6) is 0 Å². The molecular weight excluding hydrogens is 220 g/mol. The lowest BCUT2D eigenvalue weighted by Crippen LogP contribution is -2.29. The smallest absolute Gasteiger partial charge is 0.263 e. The van der Waals surface area contributed by atoms with E-state index in [1.165, 1.54) is 12.1 Å². The number of rotatable bonds is 4. The summed E-state index contributed by atoms with van der Waals surface area (Å²) in [5.41, 5.74) is 1.15. The normalized spacial score (nSPS) is 19.8. The molecule has 1 aromatic rings. The van der Waals surface area contributed by atoms with E-state index in [-0.39, 0.29) is 5.56 Å². The second kappa shape index (κ2) is 5.92. The molecule has 0 radical (unpaired) electrons. The van der Waals surface area contributed by atoms with Gasteiger partial charge in [0.2, 0.25) is 0 Å². The number of alkyl halides is 2. The number of nitrogens with one attached hydrogen (secondary N) is 1. The Hall–Kier alpha value is -1.22. The second-order valence-electron chi connectivity index (χ2n) is 4.40. The van der Waals surface area contributed by atoms with Crippen molar-refractivity contribution < 1.29 is 8.78 Å². The maximum absolute atomic E-state index is 12.4. The SMILES string of the molecule is FC(F)c1ccc(CNC2CC=CCC2)cc1. The summed E-state index contributed by atoms with van der Waals surface area (Å²) in [6, 6.07) is 7.07. The predicted octanol–water partition coefficient (Wildman–Crippen LogP) is 3.82. The molecule has 1 nitrogen and oxygen atoms in total. The predicted molar refractivity (Wildman–Crippen MR) is 65.0 cm³/mol. The van der Waals surface area contributed by atoms with Crippen molar-refractivity contribution >= 4 is 0 Å². The molecule has 0 fully saturated rings. The van der Waals surface area contributed by atoms with Crippen LogP contribution in [0.2, 0.25) is 0 Å². The van der Waals surface area contributed by atoms with Gasteiger partial charge < -0.3 is 5.32 Å². The van der Waals surface area contributed by atoms with Crippen LogP contribution in [0.4, 0.5) is 8.78 Å². The Morgan fingerprint density at radius 2 is 1.94 bits per heavy atom. The number of hydrogen-bond donors (Lipinski definition) is 1. The van der Waals surface area contributed by atoms with Crippen molar-refractivity contribution in [3.8, 4) is 0 Å². The molecule has 0 aromatic heterocycles. The number of benzene rings is 1. The molecule has 0 saturated heterocycles. The molecule has 0 spiro atoms. The van der Waals surface area contributed by atoms with Gasteiger partial charge in [-0.25, -0.2) is 8.78 Å². The van der Waals surface area contributed by atoms with Crippen LogP contribution in [-0.4, -0.2) is 6.04 Å². The van der Waals surface area contributed by atoms with Crippen molar-refractivity contribution in [2.24, 2.45) is 0 Å². The molecule has 1 aliphatic carbocycles. The summed E-state index contributed by atoms with van der Waals surface area (Å²) < 4.78 is 24.7. The highest BCUT2D eigenvalue weighted by atomic mass is 19.3. The van der Waals surface area contributed by atoms with E-state index >= 15 is 0 Å². The summed E-state index contributed by atoms with van der Waals surface area (Å²) in [4.78, 5) is 0. The zero-order valence-electron chi connectivity index (χ0n) is 9.70. The molecule has 1 aromatic carbocycles. The van der Waals surface area contributed by atoms with Gasteiger partial charge in [0.25, 0.3) is 6.43 Å². The van der Waals surface area contributed by atoms with Crippen molar-refractivity contribution in [3.05, 3.63) is 47.5 Å². The molecule has 1 N–H and O–H groups in total. The fourth-order valence-corrected chi connectivity index (χ4v) is 2.02. The van der Waals surface area contributed by atoms with Crippen LogP contribution in [0.1, 0.15) is 36.8 Å². The summed E-state index contributed by atoms with van der Waals surface area (Å²) in [7, 11) is 0. The van der Waals surface area contributed by atoms with Crippen molar-refractivity contribution in [2.75, 3.05) is 0 Å². The monoisotopic (exact) mass is 237 g/mol. The topological polar surface area (TPSA) is 12.0 Å². The summed E-state index contributed by atoms with van der Waals surface area (Å²) in [6.07, 6.45) is 5.37. The highest BCUT2D eigenvalue weighted by Crippen LogP contribution is 2.19. The van der Waals surface area contributed by atoms with E-state index < -0.39 is 6.43 Å². The highest BCUT2D eigenvalue weighted by Gasteiger charge is 2.09. The van der Waals surface area contributed by atoms with Gasteiger partial charge in [-0.2, -0.15) is 0 Å². The van der Waals surface area contributed by atoms with Crippen molar-refractivity contribution in [3.63, 3.8) is 0 Å². The van der Waals surface area contributed by atoms with Gasteiger partial charge in [-0.15, -0.1) is 0 Å². The van der Waals surface area contributed by atoms with Crippen LogP contribution in [-0.2, 0) is 6.54 Å². The first-order chi connectivity index (χ1) is 8.25. The zero-order chi connectivity index (χ0) is 12.1. The van der Waals surface area contributed by atoms with Crippen LogP contribution in [0.25, 0.3) is 0 Å². The maximum atomic E-state index is 12.4. The molecular formula is C14H17F2N. The van der Waals surface area contributed by atoms with Gasteiger partial charge in [0.05, 0.1) is 0 Å². The Labute approximate surface area is 101 Å². The molecule has 0 saturated carbocycles. The fourth-order valence-electron chi connectivity index (χ4n) is 2.02. The lowest BCUT2D eigenvalue weighted by atomic mass is 10.0. The number of halogens is 2. The van der Waals surface area contributed by atoms with Crippen molar-refractivity contribution in [2.45, 2.75) is 38.3 Å². The first-order valence-electron chi connectivity index (χ1n) is 6.01. The molecule has 3 heteroatoms. The summed E-state index contributed by atoms with van der Waals surface area (Å²) in [5.74, 6) is 0. The van der Waals surface area contributed by atoms with Gasteiger partial charge in [-0.1, -0.05) is 36.4 Å². The molecule has 0 amide bonds. The van der Waals surface area contributed by atoms with E-state index in [2.05, 4.69) is 17.5 Å². The Bertz CT molecular complexity index is 370. The average molecular weight is 237 g/mol. The molecule has 1 unspecified atom stereocenters. The first kappa shape index (κ1) is 12.2. The quantitative estimate of drug-likeness (QED) is 0.785. The Morgan fingerprint density at radius 3 is 2.53 bits per heavy atom. The van der Waals surface area contributed by atoms with Gasteiger partial charge in [-0.05, 0) is 24.8 Å². The Morgan fingerprint density at radius 1 is 1.18 bits per heavy atom. The largest absolute Gasteiger partial charge is 0.310 e. The van der Waals surface area contributed by atoms with E-state index in [0.29, 0.717) is 6.04 Å². The van der Waals surface area contributed by atoms with Gasteiger partial charge >= 0.3 is 0 Å².